The number of aromatic hydroxyl groups is 1. The fourth-order valence-electron chi connectivity index (χ4n) is 6.45. The van der Waals surface area contributed by atoms with Gasteiger partial charge < -0.3 is 19.3 Å². The normalized spacial score (nSPS) is 20.3. The number of alkyl halides is 6. The topological polar surface area (TPSA) is 125 Å². The molecule has 2 fully saturated rings. The molecule has 6 rings (SSSR count). The minimum absolute atomic E-state index is 0.0519. The van der Waals surface area contributed by atoms with E-state index in [0.717, 1.165) is 27.8 Å². The molecule has 0 amide bonds. The Balaban J connectivity index is 0.000000194. The molecule has 0 heterocycles. The van der Waals surface area contributed by atoms with Crippen LogP contribution in [0, 0.1) is 11.8 Å². The van der Waals surface area contributed by atoms with Crippen molar-refractivity contribution < 1.29 is 67.8 Å². The van der Waals surface area contributed by atoms with Gasteiger partial charge in [0, 0.05) is 0 Å². The number of hydrogen-bond acceptors (Lipinski definition) is 9. The van der Waals surface area contributed by atoms with Crippen molar-refractivity contribution in [1.29, 1.82) is 0 Å². The van der Waals surface area contributed by atoms with Crippen molar-refractivity contribution in [2.24, 2.45) is 11.8 Å². The van der Waals surface area contributed by atoms with E-state index in [9.17, 15) is 49.5 Å². The molecule has 0 saturated heterocycles. The van der Waals surface area contributed by atoms with Crippen LogP contribution in [0.3, 0.4) is 0 Å². The van der Waals surface area contributed by atoms with E-state index in [2.05, 4.69) is 8.92 Å². The van der Waals surface area contributed by atoms with Crippen molar-refractivity contribution >= 4 is 43.6 Å². The molecule has 300 valence electrons. The van der Waals surface area contributed by atoms with Crippen LogP contribution in [0.1, 0.15) is 72.1 Å². The van der Waals surface area contributed by atoms with E-state index >= 15 is 0 Å². The zero-order valence-electron chi connectivity index (χ0n) is 30.3. The summed E-state index contributed by atoms with van der Waals surface area (Å²) in [5.74, 6) is -2.42. The first kappa shape index (κ1) is 43.2. The van der Waals surface area contributed by atoms with E-state index in [1.807, 2.05) is 12.1 Å². The Hall–Kier alpha value is -4.57. The molecule has 9 nitrogen and oxygen atoms in total. The van der Waals surface area contributed by atoms with E-state index < -0.39 is 46.4 Å². The lowest BCUT2D eigenvalue weighted by atomic mass is 9.87. The van der Waals surface area contributed by atoms with E-state index in [0.29, 0.717) is 29.7 Å². The molecule has 4 aromatic carbocycles. The molecule has 4 aromatic rings. The first-order chi connectivity index (χ1) is 25.7. The maximum absolute atomic E-state index is 12.7. The summed E-state index contributed by atoms with van der Waals surface area (Å²) in [5.41, 5.74) is 0.977. The second-order valence-corrected chi connectivity index (χ2v) is 15.0. The summed E-state index contributed by atoms with van der Waals surface area (Å²) in [7, 11) is -0.877. The van der Waals surface area contributed by atoms with Crippen LogP contribution in [-0.2, 0) is 23.8 Å². The van der Waals surface area contributed by atoms with Crippen LogP contribution in [0.15, 0.2) is 72.8 Å². The van der Waals surface area contributed by atoms with Gasteiger partial charge in [0.2, 0.25) is 0 Å². The number of esters is 2. The Morgan fingerprint density at radius 3 is 1.44 bits per heavy atom. The lowest BCUT2D eigenvalue weighted by Crippen LogP contribution is -2.31. The molecule has 0 bridgehead atoms. The fraction of sp³-hybridized carbons (Fsp3) is 0.436. The monoisotopic (exact) mass is 800 g/mol. The second kappa shape index (κ2) is 18.4. The number of fused-ring (bicyclic) bond motifs is 2. The van der Waals surface area contributed by atoms with Gasteiger partial charge in [-0.2, -0.15) is 34.8 Å². The van der Waals surface area contributed by atoms with Gasteiger partial charge in [0.1, 0.15) is 11.5 Å². The van der Waals surface area contributed by atoms with E-state index in [1.165, 1.54) is 14.2 Å². The number of phenolic OH excluding ortho intramolecular Hbond substituents is 1. The van der Waals surface area contributed by atoms with E-state index in [4.69, 9.17) is 9.47 Å². The molecule has 2 aliphatic carbocycles. The highest BCUT2D eigenvalue weighted by molar-refractivity contribution is 7.86. The summed E-state index contributed by atoms with van der Waals surface area (Å²) in [6, 6.07) is 20.8. The maximum atomic E-state index is 12.7. The van der Waals surface area contributed by atoms with Gasteiger partial charge in [0.25, 0.3) is 10.1 Å². The minimum Gasteiger partial charge on any atom is -0.508 e. The van der Waals surface area contributed by atoms with Crippen LogP contribution in [0.25, 0.3) is 21.5 Å². The molecule has 0 unspecified atom stereocenters. The van der Waals surface area contributed by atoms with Crippen LogP contribution in [-0.4, -0.2) is 70.5 Å². The van der Waals surface area contributed by atoms with Gasteiger partial charge in [-0.1, -0.05) is 24.3 Å². The Kier molecular flexibility index (Phi) is 14.4. The van der Waals surface area contributed by atoms with Gasteiger partial charge in [0.05, 0.1) is 55.6 Å². The minimum atomic E-state index is -4.17. The number of ether oxygens (including phenoxy) is 3. The summed E-state index contributed by atoms with van der Waals surface area (Å²) in [4.78, 5) is 22.8. The summed E-state index contributed by atoms with van der Waals surface area (Å²) in [6.45, 7) is 0. The van der Waals surface area contributed by atoms with Crippen LogP contribution < -0.4 is 4.74 Å². The molecule has 0 spiro atoms. The number of methoxy groups -OCH3 is 2. The number of benzene rings is 4. The number of carbonyl (C=O) groups is 2. The van der Waals surface area contributed by atoms with Gasteiger partial charge in [-0.15, -0.1) is 0 Å². The van der Waals surface area contributed by atoms with Gasteiger partial charge in [-0.3, -0.25) is 4.18 Å². The highest BCUT2D eigenvalue weighted by Gasteiger charge is 2.43. The Morgan fingerprint density at radius 2 is 1.00 bits per heavy atom. The van der Waals surface area contributed by atoms with E-state index in [1.54, 1.807) is 60.7 Å². The largest absolute Gasteiger partial charge is 0.508 e. The Labute approximate surface area is 314 Å². The van der Waals surface area contributed by atoms with Crippen LogP contribution in [0.2, 0.25) is 0 Å². The number of halogens is 6. The van der Waals surface area contributed by atoms with Crippen molar-refractivity contribution in [3.63, 3.8) is 0 Å². The summed E-state index contributed by atoms with van der Waals surface area (Å²) in [5, 5.41) is 12.8. The van der Waals surface area contributed by atoms with Gasteiger partial charge >= 0.3 is 24.3 Å². The summed E-state index contributed by atoms with van der Waals surface area (Å²) < 4.78 is 116. The standard InChI is InChI=1S/C19H19F3O3.C12H10O3.C8H13F3O3S/c1-24-18(23)14-3-2-13-11-17(7-4-12(13)10-14)25-16-8-5-15(6-9-16)19(20,21)22;1-15-12(14)10-3-2-9-7-11(13)5-4-8(9)6-10;1-15(12,13)14-7-4-2-6(3-5-7)8(9,10)11/h2-4,7,10-11,15-16H,5-6,8-9H2,1H3;2-7,13H,1H3;6-7H,2-5H2,1H3. The molecule has 16 heteroatoms. The molecule has 0 atom stereocenters. The third kappa shape index (κ3) is 13.0. The number of phenols is 1. The SMILES string of the molecule is COC(=O)c1ccc2cc(O)ccc2c1.COC(=O)c1ccc2cc(OC3CCC(C(F)(F)F)CC3)ccc2c1.CS(=O)(=O)OC1CCC(C(F)(F)F)CC1. The van der Waals surface area contributed by atoms with Crippen LogP contribution in [0.4, 0.5) is 26.3 Å². The quantitative estimate of drug-likeness (QED) is 0.115. The second-order valence-electron chi connectivity index (χ2n) is 13.4. The Morgan fingerprint density at radius 1 is 0.600 bits per heavy atom. The zero-order valence-corrected chi connectivity index (χ0v) is 31.1. The molecular weight excluding hydrogens is 758 g/mol. The number of rotatable bonds is 6. The van der Waals surface area contributed by atoms with Crippen molar-refractivity contribution in [2.75, 3.05) is 20.5 Å². The van der Waals surface area contributed by atoms with Crippen molar-refractivity contribution in [3.8, 4) is 11.5 Å². The van der Waals surface area contributed by atoms with Crippen molar-refractivity contribution in [1.82, 2.24) is 0 Å². The first-order valence-corrected chi connectivity index (χ1v) is 19.2. The van der Waals surface area contributed by atoms with Gasteiger partial charge in [-0.25, -0.2) is 9.59 Å². The molecule has 1 N–H and O–H groups in total. The third-order valence-electron chi connectivity index (χ3n) is 9.37. The van der Waals surface area contributed by atoms with Gasteiger partial charge in [0.15, 0.2) is 0 Å². The summed E-state index contributed by atoms with van der Waals surface area (Å²) >= 11 is 0. The van der Waals surface area contributed by atoms with E-state index in [-0.39, 0.29) is 56.3 Å². The fourth-order valence-corrected chi connectivity index (χ4v) is 7.14. The van der Waals surface area contributed by atoms with Gasteiger partial charge in [-0.05, 0) is 121 Å². The average Bonchev–Trinajstić information content (AvgIpc) is 3.13. The van der Waals surface area contributed by atoms with Crippen molar-refractivity contribution in [3.05, 3.63) is 83.9 Å². The number of hydrogen-bond donors (Lipinski definition) is 1. The molecule has 55 heavy (non-hydrogen) atoms. The highest BCUT2D eigenvalue weighted by Crippen LogP contribution is 2.40. The predicted molar refractivity (Wildman–Crippen MR) is 192 cm³/mol. The highest BCUT2D eigenvalue weighted by atomic mass is 32.2. The smallest absolute Gasteiger partial charge is 0.391 e. The Bertz CT molecular complexity index is 2030. The first-order valence-electron chi connectivity index (χ1n) is 17.4. The molecule has 0 radical (unpaired) electrons. The molecule has 0 aromatic heterocycles. The number of carbonyl (C=O) groups excluding carboxylic acids is 2. The predicted octanol–water partition coefficient (Wildman–Crippen LogP) is 9.54. The van der Waals surface area contributed by atoms with Crippen LogP contribution in [0.5, 0.6) is 11.5 Å². The molecule has 2 saturated carbocycles. The molecule has 2 aliphatic rings. The zero-order chi connectivity index (χ0) is 40.6. The average molecular weight is 801 g/mol. The van der Waals surface area contributed by atoms with Crippen LogP contribution >= 0.6 is 0 Å². The molecule has 0 aliphatic heterocycles. The molecular formula is C39H42F6O9S. The third-order valence-corrected chi connectivity index (χ3v) is 9.99. The van der Waals surface area contributed by atoms with Crippen molar-refractivity contribution in [2.45, 2.75) is 75.9 Å². The maximum Gasteiger partial charge on any atom is 0.391 e. The lowest BCUT2D eigenvalue weighted by Gasteiger charge is -2.30. The lowest BCUT2D eigenvalue weighted by molar-refractivity contribution is -0.185. The summed E-state index contributed by atoms with van der Waals surface area (Å²) in [6.07, 6.45) is -6.91.